The zero-order chi connectivity index (χ0) is 22.2. The number of nitrogens with zero attached hydrogens (tertiary/aromatic N) is 1. The number of anilines is 1. The van der Waals surface area contributed by atoms with Crippen molar-refractivity contribution >= 4 is 35.2 Å². The molecule has 2 N–H and O–H groups in total. The van der Waals surface area contributed by atoms with Gasteiger partial charge in [-0.3, -0.25) is 14.6 Å². The third-order valence-electron chi connectivity index (χ3n) is 4.22. The highest BCUT2D eigenvalue weighted by molar-refractivity contribution is 6.31. The molecule has 0 unspecified atom stereocenters. The standard InChI is InChI=1S/C23H20ClN3O4/c1-30-20-9-8-16(12-21(20)31-2)22(28)27-19(11-15-5-4-10-25-14-15)23(29)26-18-7-3-6-17(24)13-18/h3-14H,1-2H3,(H,26,29)(H,27,28)/b19-11-. The minimum absolute atomic E-state index is 0.0350. The number of benzene rings is 2. The number of halogens is 1. The van der Waals surface area contributed by atoms with Gasteiger partial charge in [-0.25, -0.2) is 0 Å². The quantitative estimate of drug-likeness (QED) is 0.542. The first-order valence-corrected chi connectivity index (χ1v) is 9.60. The molecule has 2 aromatic carbocycles. The van der Waals surface area contributed by atoms with Crippen LogP contribution in [0.4, 0.5) is 5.69 Å². The highest BCUT2D eigenvalue weighted by atomic mass is 35.5. The molecule has 0 aliphatic rings. The van der Waals surface area contributed by atoms with Gasteiger partial charge in [-0.05, 0) is 54.1 Å². The van der Waals surface area contributed by atoms with E-state index in [0.717, 1.165) is 0 Å². The third-order valence-corrected chi connectivity index (χ3v) is 4.45. The van der Waals surface area contributed by atoms with Gasteiger partial charge in [0, 0.05) is 28.7 Å². The summed E-state index contributed by atoms with van der Waals surface area (Å²) < 4.78 is 10.4. The molecule has 0 aliphatic carbocycles. The molecule has 1 aromatic heterocycles. The van der Waals surface area contributed by atoms with Crippen LogP contribution in [0.5, 0.6) is 11.5 Å². The molecule has 1 heterocycles. The first-order valence-electron chi connectivity index (χ1n) is 9.22. The predicted molar refractivity (Wildman–Crippen MR) is 119 cm³/mol. The molecule has 0 radical (unpaired) electrons. The maximum absolute atomic E-state index is 12.9. The van der Waals surface area contributed by atoms with Crippen LogP contribution in [0.2, 0.25) is 5.02 Å². The summed E-state index contributed by atoms with van der Waals surface area (Å²) in [4.78, 5) is 29.8. The second-order valence-corrected chi connectivity index (χ2v) is 6.77. The second kappa shape index (κ2) is 10.3. The van der Waals surface area contributed by atoms with Crippen molar-refractivity contribution < 1.29 is 19.1 Å². The number of hydrogen-bond acceptors (Lipinski definition) is 5. The molecule has 0 aliphatic heterocycles. The lowest BCUT2D eigenvalue weighted by Gasteiger charge is -2.13. The smallest absolute Gasteiger partial charge is 0.272 e. The summed E-state index contributed by atoms with van der Waals surface area (Å²) in [6.07, 6.45) is 4.73. The van der Waals surface area contributed by atoms with E-state index in [0.29, 0.717) is 33.3 Å². The number of rotatable bonds is 7. The van der Waals surface area contributed by atoms with E-state index >= 15 is 0 Å². The summed E-state index contributed by atoms with van der Waals surface area (Å²) >= 11 is 5.99. The van der Waals surface area contributed by atoms with Crippen LogP contribution < -0.4 is 20.1 Å². The van der Waals surface area contributed by atoms with E-state index in [1.807, 2.05) is 0 Å². The van der Waals surface area contributed by atoms with Crippen LogP contribution >= 0.6 is 11.6 Å². The lowest BCUT2D eigenvalue weighted by Crippen LogP contribution is -2.30. The van der Waals surface area contributed by atoms with Crippen LogP contribution in [0.15, 0.2) is 72.7 Å². The van der Waals surface area contributed by atoms with E-state index in [1.165, 1.54) is 26.4 Å². The van der Waals surface area contributed by atoms with Crippen LogP contribution in [0.3, 0.4) is 0 Å². The number of nitrogens with one attached hydrogen (secondary N) is 2. The lowest BCUT2D eigenvalue weighted by atomic mass is 10.1. The molecular weight excluding hydrogens is 418 g/mol. The molecule has 8 heteroatoms. The summed E-state index contributed by atoms with van der Waals surface area (Å²) in [6.45, 7) is 0. The highest BCUT2D eigenvalue weighted by Gasteiger charge is 2.17. The normalized spacial score (nSPS) is 10.9. The zero-order valence-corrected chi connectivity index (χ0v) is 17.6. The van der Waals surface area contributed by atoms with Gasteiger partial charge >= 0.3 is 0 Å². The average molecular weight is 438 g/mol. The molecule has 0 fully saturated rings. The maximum atomic E-state index is 12.9. The van der Waals surface area contributed by atoms with Crippen LogP contribution in [-0.2, 0) is 4.79 Å². The zero-order valence-electron chi connectivity index (χ0n) is 16.9. The molecule has 0 atom stereocenters. The molecule has 3 rings (SSSR count). The molecule has 3 aromatic rings. The van der Waals surface area contributed by atoms with Crippen molar-refractivity contribution in [2.75, 3.05) is 19.5 Å². The van der Waals surface area contributed by atoms with Crippen LogP contribution in [-0.4, -0.2) is 31.0 Å². The van der Waals surface area contributed by atoms with Crippen LogP contribution in [0, 0.1) is 0 Å². The predicted octanol–water partition coefficient (Wildman–Crippen LogP) is 4.16. The van der Waals surface area contributed by atoms with Gasteiger partial charge in [0.1, 0.15) is 5.70 Å². The van der Waals surface area contributed by atoms with Gasteiger partial charge < -0.3 is 20.1 Å². The number of methoxy groups -OCH3 is 2. The van der Waals surface area contributed by atoms with Gasteiger partial charge in [0.05, 0.1) is 14.2 Å². The summed E-state index contributed by atoms with van der Waals surface area (Å²) in [5.41, 5.74) is 1.47. The molecule has 31 heavy (non-hydrogen) atoms. The number of ether oxygens (including phenoxy) is 2. The second-order valence-electron chi connectivity index (χ2n) is 6.33. The van der Waals surface area contributed by atoms with Gasteiger partial charge in [0.15, 0.2) is 11.5 Å². The SMILES string of the molecule is COc1ccc(C(=O)N/C(=C\c2cccnc2)C(=O)Nc2cccc(Cl)c2)cc1OC. The van der Waals surface area contributed by atoms with E-state index < -0.39 is 11.8 Å². The number of hydrogen-bond donors (Lipinski definition) is 2. The van der Waals surface area contributed by atoms with Gasteiger partial charge in [-0.15, -0.1) is 0 Å². The van der Waals surface area contributed by atoms with Crippen molar-refractivity contribution in [1.82, 2.24) is 10.3 Å². The van der Waals surface area contributed by atoms with Crippen molar-refractivity contribution in [3.63, 3.8) is 0 Å². The molecule has 0 spiro atoms. The Morgan fingerprint density at radius 1 is 1.00 bits per heavy atom. The number of carbonyl (C=O) groups excluding carboxylic acids is 2. The first kappa shape index (κ1) is 21.9. The Morgan fingerprint density at radius 3 is 2.48 bits per heavy atom. The fourth-order valence-corrected chi connectivity index (χ4v) is 2.91. The van der Waals surface area contributed by atoms with E-state index in [2.05, 4.69) is 15.6 Å². The fourth-order valence-electron chi connectivity index (χ4n) is 2.72. The Morgan fingerprint density at radius 2 is 1.81 bits per heavy atom. The Kier molecular flexibility index (Phi) is 7.24. The highest BCUT2D eigenvalue weighted by Crippen LogP contribution is 2.27. The summed E-state index contributed by atoms with van der Waals surface area (Å²) in [6, 6.07) is 14.9. The van der Waals surface area contributed by atoms with Crippen molar-refractivity contribution in [3.05, 3.63) is 88.8 Å². The Bertz CT molecular complexity index is 1120. The molecule has 2 amide bonds. The topological polar surface area (TPSA) is 89.5 Å². The van der Waals surface area contributed by atoms with Gasteiger partial charge in [-0.2, -0.15) is 0 Å². The number of carbonyl (C=O) groups is 2. The van der Waals surface area contributed by atoms with Crippen LogP contribution in [0.25, 0.3) is 6.08 Å². The minimum atomic E-state index is -0.514. The van der Waals surface area contributed by atoms with E-state index in [4.69, 9.17) is 21.1 Å². The van der Waals surface area contributed by atoms with Crippen LogP contribution in [0.1, 0.15) is 15.9 Å². The summed E-state index contributed by atoms with van der Waals surface area (Å²) in [5, 5.41) is 5.86. The number of amides is 2. The van der Waals surface area contributed by atoms with E-state index in [-0.39, 0.29) is 5.70 Å². The van der Waals surface area contributed by atoms with E-state index in [1.54, 1.807) is 60.9 Å². The molecule has 7 nitrogen and oxygen atoms in total. The fraction of sp³-hybridized carbons (Fsp3) is 0.0870. The van der Waals surface area contributed by atoms with Gasteiger partial charge in [-0.1, -0.05) is 23.7 Å². The first-order chi connectivity index (χ1) is 15.0. The number of pyridine rings is 1. The molecule has 0 saturated carbocycles. The lowest BCUT2D eigenvalue weighted by molar-refractivity contribution is -0.113. The van der Waals surface area contributed by atoms with Crippen molar-refractivity contribution in [2.24, 2.45) is 0 Å². The average Bonchev–Trinajstić information content (AvgIpc) is 2.78. The molecule has 158 valence electrons. The summed E-state index contributed by atoms with van der Waals surface area (Å²) in [7, 11) is 2.98. The van der Waals surface area contributed by atoms with Crippen molar-refractivity contribution in [1.29, 1.82) is 0 Å². The Hall–Kier alpha value is -3.84. The minimum Gasteiger partial charge on any atom is -0.493 e. The Labute approximate surface area is 184 Å². The molecular formula is C23H20ClN3O4. The summed E-state index contributed by atoms with van der Waals surface area (Å²) in [5.74, 6) is -0.113. The third kappa shape index (κ3) is 5.83. The van der Waals surface area contributed by atoms with Crippen molar-refractivity contribution in [2.45, 2.75) is 0 Å². The maximum Gasteiger partial charge on any atom is 0.272 e. The van der Waals surface area contributed by atoms with Gasteiger partial charge in [0.25, 0.3) is 11.8 Å². The largest absolute Gasteiger partial charge is 0.493 e. The van der Waals surface area contributed by atoms with Crippen molar-refractivity contribution in [3.8, 4) is 11.5 Å². The van der Waals surface area contributed by atoms with E-state index in [9.17, 15) is 9.59 Å². The Balaban J connectivity index is 1.88. The molecule has 0 saturated heterocycles. The number of aromatic nitrogens is 1. The monoisotopic (exact) mass is 437 g/mol. The van der Waals surface area contributed by atoms with Gasteiger partial charge in [0.2, 0.25) is 0 Å². The molecule has 0 bridgehead atoms.